The first-order valence-corrected chi connectivity index (χ1v) is 8.71. The van der Waals surface area contributed by atoms with Gasteiger partial charge >= 0.3 is 5.97 Å². The number of esters is 1. The number of carbonyl (C=O) groups is 2. The highest BCUT2D eigenvalue weighted by Gasteiger charge is 2.11. The van der Waals surface area contributed by atoms with E-state index >= 15 is 0 Å². The summed E-state index contributed by atoms with van der Waals surface area (Å²) in [5.41, 5.74) is 0.486. The second-order valence-electron chi connectivity index (χ2n) is 5.35. The van der Waals surface area contributed by atoms with Crippen LogP contribution >= 0.6 is 23.2 Å². The van der Waals surface area contributed by atoms with Crippen molar-refractivity contribution in [1.29, 1.82) is 0 Å². The first-order chi connectivity index (χ1) is 12.9. The second-order valence-corrected chi connectivity index (χ2v) is 6.20. The van der Waals surface area contributed by atoms with Gasteiger partial charge in [0.05, 0.1) is 12.1 Å². The van der Waals surface area contributed by atoms with Gasteiger partial charge in [-0.15, -0.1) is 0 Å². The summed E-state index contributed by atoms with van der Waals surface area (Å²) in [5, 5.41) is 0.876. The standard InChI is InChI=1S/C19H18Cl2O6/c1-12(22)13-3-5-17(18(9-13)24-2)27-11-19(23)26-8-7-25-16-6-4-14(20)10-15(16)21/h3-6,9-10H,7-8,11H2,1-2H3. The SMILES string of the molecule is COc1cc(C(C)=O)ccc1OCC(=O)OCCOc1ccc(Cl)cc1Cl. The molecule has 2 aromatic rings. The fourth-order valence-corrected chi connectivity index (χ4v) is 2.55. The Bertz CT molecular complexity index is 822. The molecule has 0 unspecified atom stereocenters. The third-order valence-corrected chi connectivity index (χ3v) is 3.94. The molecule has 0 saturated carbocycles. The zero-order valence-corrected chi connectivity index (χ0v) is 16.3. The number of hydrogen-bond donors (Lipinski definition) is 0. The van der Waals surface area contributed by atoms with E-state index in [9.17, 15) is 9.59 Å². The van der Waals surface area contributed by atoms with Crippen molar-refractivity contribution in [2.75, 3.05) is 26.9 Å². The minimum atomic E-state index is -0.571. The number of rotatable bonds is 9. The molecule has 0 aromatic heterocycles. The van der Waals surface area contributed by atoms with Gasteiger partial charge in [0, 0.05) is 10.6 Å². The molecule has 0 heterocycles. The zero-order valence-electron chi connectivity index (χ0n) is 14.8. The number of ketones is 1. The summed E-state index contributed by atoms with van der Waals surface area (Å²) >= 11 is 11.8. The van der Waals surface area contributed by atoms with Crippen LogP contribution in [0, 0.1) is 0 Å². The van der Waals surface area contributed by atoms with Crippen LogP contribution in [-0.4, -0.2) is 38.7 Å². The molecule has 8 heteroatoms. The Hall–Kier alpha value is -2.44. The Labute approximate surface area is 166 Å². The first-order valence-electron chi connectivity index (χ1n) is 7.96. The Morgan fingerprint density at radius 2 is 1.67 bits per heavy atom. The number of methoxy groups -OCH3 is 1. The Balaban J connectivity index is 1.77. The number of ether oxygens (including phenoxy) is 4. The maximum Gasteiger partial charge on any atom is 0.344 e. The highest BCUT2D eigenvalue weighted by molar-refractivity contribution is 6.35. The molecule has 0 atom stereocenters. The number of carbonyl (C=O) groups excluding carboxylic acids is 2. The van der Waals surface area contributed by atoms with E-state index in [2.05, 4.69) is 0 Å². The molecule has 0 saturated heterocycles. The predicted octanol–water partition coefficient (Wildman–Crippen LogP) is 4.21. The predicted molar refractivity (Wildman–Crippen MR) is 101 cm³/mol. The van der Waals surface area contributed by atoms with Gasteiger partial charge in [-0.25, -0.2) is 4.79 Å². The lowest BCUT2D eigenvalue weighted by atomic mass is 10.1. The monoisotopic (exact) mass is 412 g/mol. The van der Waals surface area contributed by atoms with Crippen molar-refractivity contribution in [1.82, 2.24) is 0 Å². The van der Waals surface area contributed by atoms with Gasteiger partial charge in [0.1, 0.15) is 19.0 Å². The minimum absolute atomic E-state index is 0.0293. The van der Waals surface area contributed by atoms with Crippen LogP contribution in [0.1, 0.15) is 17.3 Å². The van der Waals surface area contributed by atoms with Crippen molar-refractivity contribution >= 4 is 35.0 Å². The van der Waals surface area contributed by atoms with E-state index in [1.165, 1.54) is 14.0 Å². The minimum Gasteiger partial charge on any atom is -0.493 e. The van der Waals surface area contributed by atoms with Crippen LogP contribution in [0.2, 0.25) is 10.0 Å². The van der Waals surface area contributed by atoms with Gasteiger partial charge in [0.15, 0.2) is 23.9 Å². The molecule has 0 aliphatic rings. The van der Waals surface area contributed by atoms with Crippen molar-refractivity contribution < 1.29 is 28.5 Å². The Morgan fingerprint density at radius 3 is 2.33 bits per heavy atom. The highest BCUT2D eigenvalue weighted by atomic mass is 35.5. The summed E-state index contributed by atoms with van der Waals surface area (Å²) < 4.78 is 21.0. The molecular weight excluding hydrogens is 395 g/mol. The fourth-order valence-electron chi connectivity index (χ4n) is 2.08. The van der Waals surface area contributed by atoms with E-state index < -0.39 is 5.97 Å². The summed E-state index contributed by atoms with van der Waals surface area (Å²) in [4.78, 5) is 23.2. The third kappa shape index (κ3) is 6.34. The van der Waals surface area contributed by atoms with E-state index in [4.69, 9.17) is 42.1 Å². The maximum atomic E-state index is 11.8. The van der Waals surface area contributed by atoms with Gasteiger partial charge in [-0.1, -0.05) is 23.2 Å². The van der Waals surface area contributed by atoms with Gasteiger partial charge < -0.3 is 18.9 Å². The normalized spacial score (nSPS) is 10.2. The lowest BCUT2D eigenvalue weighted by Gasteiger charge is -2.12. The van der Waals surface area contributed by atoms with Crippen LogP contribution in [0.5, 0.6) is 17.2 Å². The van der Waals surface area contributed by atoms with Crippen molar-refractivity contribution in [3.05, 3.63) is 52.0 Å². The second kappa shape index (κ2) is 10.0. The fraction of sp³-hybridized carbons (Fsp3) is 0.263. The van der Waals surface area contributed by atoms with Gasteiger partial charge in [-0.05, 0) is 43.3 Å². The zero-order chi connectivity index (χ0) is 19.8. The molecule has 6 nitrogen and oxygen atoms in total. The number of halogens is 2. The summed E-state index contributed by atoms with van der Waals surface area (Å²) in [5.74, 6) is 0.474. The molecule has 0 bridgehead atoms. The van der Waals surface area contributed by atoms with Gasteiger partial charge in [0.25, 0.3) is 0 Å². The van der Waals surface area contributed by atoms with E-state index in [0.29, 0.717) is 32.9 Å². The van der Waals surface area contributed by atoms with Crippen LogP contribution in [-0.2, 0) is 9.53 Å². The van der Waals surface area contributed by atoms with E-state index in [1.54, 1.807) is 36.4 Å². The van der Waals surface area contributed by atoms with Crippen LogP contribution in [0.15, 0.2) is 36.4 Å². The molecule has 0 fully saturated rings. The molecule has 27 heavy (non-hydrogen) atoms. The molecule has 0 N–H and O–H groups in total. The van der Waals surface area contributed by atoms with Gasteiger partial charge in [-0.2, -0.15) is 0 Å². The summed E-state index contributed by atoms with van der Waals surface area (Å²) in [6.45, 7) is 1.30. The smallest absolute Gasteiger partial charge is 0.344 e. The van der Waals surface area contributed by atoms with Crippen LogP contribution in [0.4, 0.5) is 0 Å². The first kappa shape index (κ1) is 20.9. The molecule has 2 rings (SSSR count). The third-order valence-electron chi connectivity index (χ3n) is 3.41. The summed E-state index contributed by atoms with van der Waals surface area (Å²) in [6.07, 6.45) is 0. The average Bonchev–Trinajstić information content (AvgIpc) is 2.64. The summed E-state index contributed by atoms with van der Waals surface area (Å²) in [6, 6.07) is 9.54. The van der Waals surface area contributed by atoms with Gasteiger partial charge in [0.2, 0.25) is 0 Å². The average molecular weight is 413 g/mol. The molecule has 0 aliphatic carbocycles. The number of Topliss-reactive ketones (excluding diaryl/α,β-unsaturated/α-hetero) is 1. The summed E-state index contributed by atoms with van der Waals surface area (Å²) in [7, 11) is 1.45. The van der Waals surface area contributed by atoms with Crippen LogP contribution in [0.3, 0.4) is 0 Å². The Morgan fingerprint density at radius 1 is 0.926 bits per heavy atom. The van der Waals surface area contributed by atoms with Crippen LogP contribution < -0.4 is 14.2 Å². The van der Waals surface area contributed by atoms with Crippen molar-refractivity contribution in [3.63, 3.8) is 0 Å². The van der Waals surface area contributed by atoms with E-state index in [-0.39, 0.29) is 25.6 Å². The molecule has 0 aliphatic heterocycles. The number of hydrogen-bond acceptors (Lipinski definition) is 6. The molecule has 0 spiro atoms. The van der Waals surface area contributed by atoms with Gasteiger partial charge in [-0.3, -0.25) is 4.79 Å². The van der Waals surface area contributed by atoms with Crippen molar-refractivity contribution in [2.45, 2.75) is 6.92 Å². The highest BCUT2D eigenvalue weighted by Crippen LogP contribution is 2.28. The van der Waals surface area contributed by atoms with Crippen molar-refractivity contribution in [3.8, 4) is 17.2 Å². The van der Waals surface area contributed by atoms with E-state index in [1.807, 2.05) is 0 Å². The Kier molecular flexibility index (Phi) is 7.76. The molecule has 2 aromatic carbocycles. The van der Waals surface area contributed by atoms with E-state index in [0.717, 1.165) is 0 Å². The van der Waals surface area contributed by atoms with Crippen molar-refractivity contribution in [2.24, 2.45) is 0 Å². The van der Waals surface area contributed by atoms with Crippen LogP contribution in [0.25, 0.3) is 0 Å². The quantitative estimate of drug-likeness (QED) is 0.349. The topological polar surface area (TPSA) is 71.1 Å². The number of benzene rings is 2. The molecule has 0 radical (unpaired) electrons. The molecule has 144 valence electrons. The largest absolute Gasteiger partial charge is 0.493 e. The lowest BCUT2D eigenvalue weighted by Crippen LogP contribution is -2.18. The molecular formula is C19H18Cl2O6. The maximum absolute atomic E-state index is 11.8. The lowest BCUT2D eigenvalue weighted by molar-refractivity contribution is -0.146. The molecule has 0 amide bonds.